The van der Waals surface area contributed by atoms with Gasteiger partial charge in [-0.3, -0.25) is 4.79 Å². The molecule has 0 aliphatic heterocycles. The van der Waals surface area contributed by atoms with Gasteiger partial charge in [-0.2, -0.15) is 0 Å². The van der Waals surface area contributed by atoms with E-state index in [-0.39, 0.29) is 5.91 Å². The van der Waals surface area contributed by atoms with Crippen molar-refractivity contribution in [3.63, 3.8) is 0 Å². The fourth-order valence-electron chi connectivity index (χ4n) is 2.40. The highest BCUT2D eigenvalue weighted by Gasteiger charge is 2.23. The van der Waals surface area contributed by atoms with Gasteiger partial charge in [-0.15, -0.1) is 0 Å². The smallest absolute Gasteiger partial charge is 0.240 e. The van der Waals surface area contributed by atoms with E-state index in [0.29, 0.717) is 12.6 Å². The summed E-state index contributed by atoms with van der Waals surface area (Å²) >= 11 is 0. The molecule has 0 radical (unpaired) electrons. The molecular weight excluding hydrogens is 250 g/mol. The molecule has 106 valence electrons. The van der Waals surface area contributed by atoms with Crippen LogP contribution in [0.3, 0.4) is 0 Å². The molecule has 4 heteroatoms. The van der Waals surface area contributed by atoms with Crippen molar-refractivity contribution >= 4 is 16.8 Å². The van der Waals surface area contributed by atoms with Gasteiger partial charge in [0, 0.05) is 24.3 Å². The molecule has 0 atom stereocenters. The van der Waals surface area contributed by atoms with Crippen LogP contribution in [0.2, 0.25) is 0 Å². The first kappa shape index (κ1) is 13.2. The van der Waals surface area contributed by atoms with Crippen LogP contribution >= 0.6 is 0 Å². The lowest BCUT2D eigenvalue weighted by Gasteiger charge is -2.08. The van der Waals surface area contributed by atoms with Crippen LogP contribution in [0.4, 0.5) is 0 Å². The molecular formula is C16H21N3O. The second kappa shape index (κ2) is 5.67. The Labute approximate surface area is 119 Å². The van der Waals surface area contributed by atoms with Crippen molar-refractivity contribution in [3.05, 3.63) is 36.0 Å². The third kappa shape index (κ3) is 3.02. The molecule has 1 aromatic carbocycles. The van der Waals surface area contributed by atoms with E-state index in [4.69, 9.17) is 0 Å². The quantitative estimate of drug-likeness (QED) is 0.844. The number of nitrogens with zero attached hydrogens (tertiary/aromatic N) is 1. The SMILES string of the molecule is CCNCc1ccc2ccn(CC(=O)NC3CC3)c2c1. The van der Waals surface area contributed by atoms with Gasteiger partial charge in [0.05, 0.1) is 0 Å². The number of hydrogen-bond donors (Lipinski definition) is 2. The maximum Gasteiger partial charge on any atom is 0.240 e. The molecule has 0 spiro atoms. The Morgan fingerprint density at radius 3 is 2.95 bits per heavy atom. The fourth-order valence-corrected chi connectivity index (χ4v) is 2.40. The zero-order valence-corrected chi connectivity index (χ0v) is 11.9. The number of fused-ring (bicyclic) bond motifs is 1. The fraction of sp³-hybridized carbons (Fsp3) is 0.438. The Balaban J connectivity index is 1.76. The average Bonchev–Trinajstić information content (AvgIpc) is 3.17. The summed E-state index contributed by atoms with van der Waals surface area (Å²) in [6.07, 6.45) is 4.25. The van der Waals surface area contributed by atoms with Gasteiger partial charge < -0.3 is 15.2 Å². The Hall–Kier alpha value is -1.81. The molecule has 20 heavy (non-hydrogen) atoms. The highest BCUT2D eigenvalue weighted by molar-refractivity contribution is 5.84. The summed E-state index contributed by atoms with van der Waals surface area (Å²) in [5.74, 6) is 0.113. The minimum Gasteiger partial charge on any atom is -0.352 e. The van der Waals surface area contributed by atoms with Gasteiger partial charge in [-0.05, 0) is 42.5 Å². The summed E-state index contributed by atoms with van der Waals surface area (Å²) in [5.41, 5.74) is 2.38. The highest BCUT2D eigenvalue weighted by Crippen LogP contribution is 2.20. The van der Waals surface area contributed by atoms with Crippen LogP contribution in [-0.2, 0) is 17.9 Å². The number of carbonyl (C=O) groups excluding carboxylic acids is 1. The number of rotatable bonds is 6. The highest BCUT2D eigenvalue weighted by atomic mass is 16.2. The third-order valence-corrected chi connectivity index (χ3v) is 3.67. The molecule has 0 saturated heterocycles. The lowest BCUT2D eigenvalue weighted by molar-refractivity contribution is -0.121. The van der Waals surface area contributed by atoms with Crippen molar-refractivity contribution in [2.24, 2.45) is 0 Å². The zero-order chi connectivity index (χ0) is 13.9. The van der Waals surface area contributed by atoms with Gasteiger partial charge in [0.15, 0.2) is 0 Å². The van der Waals surface area contributed by atoms with Gasteiger partial charge in [0.1, 0.15) is 6.54 Å². The van der Waals surface area contributed by atoms with Gasteiger partial charge in [-0.1, -0.05) is 19.1 Å². The number of benzene rings is 1. The second-order valence-corrected chi connectivity index (χ2v) is 5.46. The molecule has 1 aliphatic carbocycles. The van der Waals surface area contributed by atoms with Crippen LogP contribution < -0.4 is 10.6 Å². The molecule has 0 bridgehead atoms. The zero-order valence-electron chi connectivity index (χ0n) is 11.9. The third-order valence-electron chi connectivity index (χ3n) is 3.67. The first-order valence-electron chi connectivity index (χ1n) is 7.34. The summed E-state index contributed by atoms with van der Waals surface area (Å²) in [5, 5.41) is 7.55. The standard InChI is InChI=1S/C16H21N3O/c1-2-17-10-12-3-4-13-7-8-19(15(13)9-12)11-16(20)18-14-5-6-14/h3-4,7-9,14,17H,2,5-6,10-11H2,1H3,(H,18,20). The van der Waals surface area contributed by atoms with Gasteiger partial charge in [0.2, 0.25) is 5.91 Å². The molecule has 1 aliphatic rings. The van der Waals surface area contributed by atoms with Crippen LogP contribution in [0.15, 0.2) is 30.5 Å². The van der Waals surface area contributed by atoms with E-state index in [1.54, 1.807) is 0 Å². The summed E-state index contributed by atoms with van der Waals surface area (Å²) in [6.45, 7) is 4.34. The monoisotopic (exact) mass is 271 g/mol. The van der Waals surface area contributed by atoms with E-state index < -0.39 is 0 Å². The van der Waals surface area contributed by atoms with Gasteiger partial charge in [0.25, 0.3) is 0 Å². The number of nitrogens with one attached hydrogen (secondary N) is 2. The first-order chi connectivity index (χ1) is 9.76. The van der Waals surface area contributed by atoms with Crippen molar-refractivity contribution in [2.75, 3.05) is 6.54 Å². The van der Waals surface area contributed by atoms with Crippen LogP contribution in [0.25, 0.3) is 10.9 Å². The lowest BCUT2D eigenvalue weighted by atomic mass is 10.1. The van der Waals surface area contributed by atoms with Crippen molar-refractivity contribution in [3.8, 4) is 0 Å². The number of aromatic nitrogens is 1. The molecule has 1 saturated carbocycles. The van der Waals surface area contributed by atoms with Crippen molar-refractivity contribution in [2.45, 2.75) is 38.9 Å². The summed E-state index contributed by atoms with van der Waals surface area (Å²) in [7, 11) is 0. The maximum absolute atomic E-state index is 11.9. The Morgan fingerprint density at radius 1 is 1.35 bits per heavy atom. The summed E-state index contributed by atoms with van der Waals surface area (Å²) < 4.78 is 2.03. The first-order valence-corrected chi connectivity index (χ1v) is 7.34. The Morgan fingerprint density at radius 2 is 2.20 bits per heavy atom. The molecule has 4 nitrogen and oxygen atoms in total. The van der Waals surface area contributed by atoms with Gasteiger partial charge >= 0.3 is 0 Å². The molecule has 1 fully saturated rings. The van der Waals surface area contributed by atoms with Crippen LogP contribution in [0.5, 0.6) is 0 Å². The van der Waals surface area contributed by atoms with Crippen molar-refractivity contribution in [1.29, 1.82) is 0 Å². The van der Waals surface area contributed by atoms with E-state index in [2.05, 4.69) is 41.8 Å². The molecule has 1 aromatic heterocycles. The number of hydrogen-bond acceptors (Lipinski definition) is 2. The van der Waals surface area contributed by atoms with E-state index >= 15 is 0 Å². The normalized spacial score (nSPS) is 14.7. The summed E-state index contributed by atoms with van der Waals surface area (Å²) in [6, 6.07) is 8.92. The van der Waals surface area contributed by atoms with Crippen molar-refractivity contribution in [1.82, 2.24) is 15.2 Å². The van der Waals surface area contributed by atoms with E-state index in [0.717, 1.165) is 31.4 Å². The van der Waals surface area contributed by atoms with Crippen LogP contribution in [0, 0.1) is 0 Å². The molecule has 3 rings (SSSR count). The Bertz CT molecular complexity index is 613. The minimum absolute atomic E-state index is 0.113. The topological polar surface area (TPSA) is 46.1 Å². The average molecular weight is 271 g/mol. The maximum atomic E-state index is 11.9. The molecule has 1 heterocycles. The van der Waals surface area contributed by atoms with Crippen molar-refractivity contribution < 1.29 is 4.79 Å². The number of amides is 1. The number of carbonyl (C=O) groups is 1. The Kier molecular flexibility index (Phi) is 3.74. The van der Waals surface area contributed by atoms with Gasteiger partial charge in [-0.25, -0.2) is 0 Å². The molecule has 2 aromatic rings. The predicted octanol–water partition coefficient (Wildman–Crippen LogP) is 2.03. The minimum atomic E-state index is 0.113. The van der Waals surface area contributed by atoms with E-state index in [9.17, 15) is 4.79 Å². The van der Waals surface area contributed by atoms with Crippen LogP contribution in [0.1, 0.15) is 25.3 Å². The lowest BCUT2D eigenvalue weighted by Crippen LogP contribution is -2.29. The molecule has 0 unspecified atom stereocenters. The predicted molar refractivity (Wildman–Crippen MR) is 80.5 cm³/mol. The molecule has 1 amide bonds. The van der Waals surface area contributed by atoms with Crippen LogP contribution in [-0.4, -0.2) is 23.1 Å². The second-order valence-electron chi connectivity index (χ2n) is 5.46. The molecule has 2 N–H and O–H groups in total. The van der Waals surface area contributed by atoms with E-state index in [1.165, 1.54) is 10.9 Å². The summed E-state index contributed by atoms with van der Waals surface area (Å²) in [4.78, 5) is 11.9. The largest absolute Gasteiger partial charge is 0.352 e. The van der Waals surface area contributed by atoms with E-state index in [1.807, 2.05) is 10.8 Å².